The van der Waals surface area contributed by atoms with Crippen molar-refractivity contribution >= 4 is 23.1 Å². The fraction of sp³-hybridized carbons (Fsp3) is 0.250. The molecule has 0 N–H and O–H groups in total. The van der Waals surface area contributed by atoms with Crippen LogP contribution in [0.15, 0.2) is 84.7 Å². The molecule has 0 saturated heterocycles. The standard InChI is InChI=1S/C28H29N3O3/c1-4-30(23-11-6-5-7-12-23)26-25(21-13-15-24(16-14-21)34-19-20(2)3)27(32)31(28(26)33)18-22-10-8-9-17-29-22/h5-17,20H,4,18-19H2,1-3H3. The molecule has 2 amide bonds. The second-order valence-corrected chi connectivity index (χ2v) is 8.55. The number of likely N-dealkylation sites (N-methyl/N-ethyl adjacent to an activating group) is 1. The van der Waals surface area contributed by atoms with Crippen molar-refractivity contribution in [1.82, 2.24) is 9.88 Å². The molecular formula is C28H29N3O3. The number of carbonyl (C=O) groups is 2. The second-order valence-electron chi connectivity index (χ2n) is 8.55. The smallest absolute Gasteiger partial charge is 0.278 e. The van der Waals surface area contributed by atoms with Crippen LogP contribution in [0, 0.1) is 5.92 Å². The molecule has 0 atom stereocenters. The normalized spacial score (nSPS) is 13.7. The first kappa shape index (κ1) is 23.2. The maximum Gasteiger partial charge on any atom is 0.278 e. The van der Waals surface area contributed by atoms with E-state index >= 15 is 0 Å². The van der Waals surface area contributed by atoms with Gasteiger partial charge in [0.1, 0.15) is 11.4 Å². The third-order valence-corrected chi connectivity index (χ3v) is 5.57. The lowest BCUT2D eigenvalue weighted by atomic mass is 10.0. The first-order chi connectivity index (χ1) is 16.5. The van der Waals surface area contributed by atoms with Gasteiger partial charge in [-0.15, -0.1) is 0 Å². The van der Waals surface area contributed by atoms with Gasteiger partial charge in [0.05, 0.1) is 24.4 Å². The number of ether oxygens (including phenoxy) is 1. The monoisotopic (exact) mass is 455 g/mol. The lowest BCUT2D eigenvalue weighted by Gasteiger charge is -2.24. The Hall–Kier alpha value is -3.93. The minimum atomic E-state index is -0.323. The Balaban J connectivity index is 1.75. The summed E-state index contributed by atoms with van der Waals surface area (Å²) in [5, 5.41) is 0. The molecule has 174 valence electrons. The molecule has 0 aliphatic carbocycles. The van der Waals surface area contributed by atoms with Crippen molar-refractivity contribution in [1.29, 1.82) is 0 Å². The molecule has 0 bridgehead atoms. The van der Waals surface area contributed by atoms with Crippen LogP contribution in [-0.2, 0) is 16.1 Å². The highest BCUT2D eigenvalue weighted by molar-refractivity contribution is 6.36. The van der Waals surface area contributed by atoms with E-state index in [0.29, 0.717) is 41.6 Å². The van der Waals surface area contributed by atoms with Gasteiger partial charge in [-0.05, 0) is 54.8 Å². The topological polar surface area (TPSA) is 62.7 Å². The number of aromatic nitrogens is 1. The summed E-state index contributed by atoms with van der Waals surface area (Å²) < 4.78 is 5.80. The van der Waals surface area contributed by atoms with Gasteiger partial charge in [0.15, 0.2) is 0 Å². The first-order valence-corrected chi connectivity index (χ1v) is 11.6. The van der Waals surface area contributed by atoms with Gasteiger partial charge >= 0.3 is 0 Å². The number of amides is 2. The van der Waals surface area contributed by atoms with Crippen LogP contribution in [0.2, 0.25) is 0 Å². The Morgan fingerprint density at radius 2 is 1.62 bits per heavy atom. The molecule has 0 radical (unpaired) electrons. The average Bonchev–Trinajstić information content (AvgIpc) is 3.10. The first-order valence-electron chi connectivity index (χ1n) is 11.6. The maximum absolute atomic E-state index is 13.7. The summed E-state index contributed by atoms with van der Waals surface area (Å²) in [5.74, 6) is 0.497. The number of rotatable bonds is 9. The SMILES string of the molecule is CCN(C1=C(c2ccc(OCC(C)C)cc2)C(=O)N(Cc2ccccn2)C1=O)c1ccccc1. The second kappa shape index (κ2) is 10.3. The summed E-state index contributed by atoms with van der Waals surface area (Å²) in [6.45, 7) is 7.42. The van der Waals surface area contributed by atoms with Crippen molar-refractivity contribution in [3.63, 3.8) is 0 Å². The molecule has 3 aromatic rings. The number of hydrogen-bond acceptors (Lipinski definition) is 5. The molecule has 1 aliphatic rings. The number of hydrogen-bond donors (Lipinski definition) is 0. The van der Waals surface area contributed by atoms with Gasteiger partial charge in [0.2, 0.25) is 0 Å². The van der Waals surface area contributed by atoms with Crippen molar-refractivity contribution in [3.8, 4) is 5.75 Å². The zero-order valence-electron chi connectivity index (χ0n) is 19.8. The Labute approximate surface area is 200 Å². The van der Waals surface area contributed by atoms with Gasteiger partial charge in [-0.3, -0.25) is 19.5 Å². The van der Waals surface area contributed by atoms with Gasteiger partial charge in [-0.25, -0.2) is 0 Å². The van der Waals surface area contributed by atoms with Crippen LogP contribution in [0.4, 0.5) is 5.69 Å². The Morgan fingerprint density at radius 3 is 2.24 bits per heavy atom. The number of para-hydroxylation sites is 1. The number of benzene rings is 2. The lowest BCUT2D eigenvalue weighted by molar-refractivity contribution is -0.137. The minimum Gasteiger partial charge on any atom is -0.493 e. The van der Waals surface area contributed by atoms with Crippen molar-refractivity contribution in [2.45, 2.75) is 27.3 Å². The molecule has 0 fully saturated rings. The van der Waals surface area contributed by atoms with Gasteiger partial charge in [-0.1, -0.05) is 50.2 Å². The number of carbonyl (C=O) groups excluding carboxylic acids is 2. The predicted octanol–water partition coefficient (Wildman–Crippen LogP) is 4.92. The summed E-state index contributed by atoms with van der Waals surface area (Å²) >= 11 is 0. The highest BCUT2D eigenvalue weighted by Crippen LogP contribution is 2.35. The van der Waals surface area contributed by atoms with Crippen molar-refractivity contribution in [3.05, 3.63) is 95.9 Å². The van der Waals surface area contributed by atoms with Crippen molar-refractivity contribution in [2.24, 2.45) is 5.92 Å². The van der Waals surface area contributed by atoms with E-state index in [1.54, 1.807) is 6.20 Å². The zero-order chi connectivity index (χ0) is 24.1. The van der Waals surface area contributed by atoms with Crippen LogP contribution >= 0.6 is 0 Å². The number of nitrogens with zero attached hydrogens (tertiary/aromatic N) is 3. The fourth-order valence-electron chi connectivity index (χ4n) is 3.93. The number of imide groups is 1. The average molecular weight is 456 g/mol. The van der Waals surface area contributed by atoms with Crippen LogP contribution in [0.5, 0.6) is 5.75 Å². The molecule has 0 saturated carbocycles. The summed E-state index contributed by atoms with van der Waals surface area (Å²) in [7, 11) is 0. The maximum atomic E-state index is 13.7. The summed E-state index contributed by atoms with van der Waals surface area (Å²) in [6, 6.07) is 22.5. The minimum absolute atomic E-state index is 0.118. The number of pyridine rings is 1. The highest BCUT2D eigenvalue weighted by Gasteiger charge is 2.41. The molecule has 4 rings (SSSR count). The van der Waals surface area contributed by atoms with Crippen molar-refractivity contribution < 1.29 is 14.3 Å². The van der Waals surface area contributed by atoms with E-state index in [9.17, 15) is 9.59 Å². The van der Waals surface area contributed by atoms with E-state index in [4.69, 9.17) is 4.74 Å². The van der Waals surface area contributed by atoms with Crippen LogP contribution in [-0.4, -0.2) is 34.8 Å². The Morgan fingerprint density at radius 1 is 0.912 bits per heavy atom. The summed E-state index contributed by atoms with van der Waals surface area (Å²) in [6.07, 6.45) is 1.66. The Kier molecular flexibility index (Phi) is 7.07. The molecule has 1 aliphatic heterocycles. The van der Waals surface area contributed by atoms with Gasteiger partial charge < -0.3 is 9.64 Å². The molecule has 0 unspecified atom stereocenters. The molecule has 2 aromatic carbocycles. The lowest BCUT2D eigenvalue weighted by Crippen LogP contribution is -2.35. The quantitative estimate of drug-likeness (QED) is 0.429. The third kappa shape index (κ3) is 4.86. The van der Waals surface area contributed by atoms with Gasteiger partial charge in [0, 0.05) is 18.4 Å². The third-order valence-electron chi connectivity index (χ3n) is 5.57. The summed E-state index contributed by atoms with van der Waals surface area (Å²) in [5.41, 5.74) is 2.97. The Bertz CT molecular complexity index is 1170. The van der Waals surface area contributed by atoms with E-state index in [0.717, 1.165) is 11.4 Å². The largest absolute Gasteiger partial charge is 0.493 e. The van der Waals surface area contributed by atoms with Crippen LogP contribution in [0.1, 0.15) is 32.0 Å². The summed E-state index contributed by atoms with van der Waals surface area (Å²) in [4.78, 5) is 34.8. The highest BCUT2D eigenvalue weighted by atomic mass is 16.5. The van der Waals surface area contributed by atoms with E-state index in [2.05, 4.69) is 18.8 Å². The molecule has 0 spiro atoms. The van der Waals surface area contributed by atoms with E-state index in [1.807, 2.05) is 84.6 Å². The molecule has 6 nitrogen and oxygen atoms in total. The molecule has 6 heteroatoms. The van der Waals surface area contributed by atoms with Gasteiger partial charge in [0.25, 0.3) is 11.8 Å². The van der Waals surface area contributed by atoms with E-state index in [1.165, 1.54) is 4.90 Å². The van der Waals surface area contributed by atoms with Crippen LogP contribution in [0.3, 0.4) is 0 Å². The van der Waals surface area contributed by atoms with Crippen LogP contribution < -0.4 is 9.64 Å². The van der Waals surface area contributed by atoms with E-state index < -0.39 is 0 Å². The molecule has 34 heavy (non-hydrogen) atoms. The van der Waals surface area contributed by atoms with Crippen molar-refractivity contribution in [2.75, 3.05) is 18.1 Å². The molecule has 2 heterocycles. The number of anilines is 1. The van der Waals surface area contributed by atoms with Gasteiger partial charge in [-0.2, -0.15) is 0 Å². The molecule has 1 aromatic heterocycles. The predicted molar refractivity (Wildman–Crippen MR) is 133 cm³/mol. The fourth-order valence-corrected chi connectivity index (χ4v) is 3.93. The van der Waals surface area contributed by atoms with E-state index in [-0.39, 0.29) is 18.4 Å². The molecular weight excluding hydrogens is 426 g/mol. The van der Waals surface area contributed by atoms with Crippen LogP contribution in [0.25, 0.3) is 5.57 Å². The zero-order valence-corrected chi connectivity index (χ0v) is 19.8.